The molecule has 0 unspecified atom stereocenters. The predicted octanol–water partition coefficient (Wildman–Crippen LogP) is 1.10. The van der Waals surface area contributed by atoms with Gasteiger partial charge in [-0.05, 0) is 38.3 Å². The van der Waals surface area contributed by atoms with Gasteiger partial charge in [-0.25, -0.2) is 4.79 Å². The summed E-state index contributed by atoms with van der Waals surface area (Å²) in [6.07, 6.45) is 2.79. The monoisotopic (exact) mass is 362 g/mol. The molecule has 0 spiro atoms. The number of carbonyl (C=O) groups is 1. The molecule has 144 valence electrons. The van der Waals surface area contributed by atoms with Crippen LogP contribution in [0.4, 0.5) is 4.79 Å². The van der Waals surface area contributed by atoms with Crippen molar-refractivity contribution in [2.75, 3.05) is 45.9 Å². The average molecular weight is 362 g/mol. The number of aromatic nitrogens is 1. The minimum Gasteiger partial charge on any atom is -0.383 e. The zero-order chi connectivity index (χ0) is 18.6. The molecule has 26 heavy (non-hydrogen) atoms. The third-order valence-corrected chi connectivity index (χ3v) is 5.27. The molecule has 0 aromatic carbocycles. The number of carbonyl (C=O) groups excluding carboxylic acids is 1. The molecule has 0 aliphatic carbocycles. The zero-order valence-corrected chi connectivity index (χ0v) is 15.8. The van der Waals surface area contributed by atoms with E-state index in [1.165, 1.54) is 0 Å². The number of urea groups is 1. The fourth-order valence-electron chi connectivity index (χ4n) is 3.60. The average Bonchev–Trinajstić information content (AvgIpc) is 2.63. The topological polar surface area (TPSA) is 77.9 Å². The van der Waals surface area contributed by atoms with Crippen LogP contribution in [0.1, 0.15) is 31.0 Å². The lowest BCUT2D eigenvalue weighted by Crippen LogP contribution is -2.53. The van der Waals surface area contributed by atoms with E-state index in [0.717, 1.165) is 38.4 Å². The van der Waals surface area contributed by atoms with Crippen LogP contribution in [-0.4, -0.2) is 77.9 Å². The molecule has 3 heterocycles. The molecule has 2 saturated heterocycles. The first-order chi connectivity index (χ1) is 12.5. The Morgan fingerprint density at radius 2 is 2.00 bits per heavy atom. The third-order valence-electron chi connectivity index (χ3n) is 5.27. The number of rotatable bonds is 4. The van der Waals surface area contributed by atoms with Gasteiger partial charge in [0.1, 0.15) is 5.60 Å². The highest BCUT2D eigenvalue weighted by Gasteiger charge is 2.36. The van der Waals surface area contributed by atoms with Gasteiger partial charge in [-0.2, -0.15) is 0 Å². The van der Waals surface area contributed by atoms with E-state index >= 15 is 0 Å². The summed E-state index contributed by atoms with van der Waals surface area (Å²) >= 11 is 0. The van der Waals surface area contributed by atoms with Crippen molar-refractivity contribution in [1.82, 2.24) is 20.1 Å². The number of likely N-dealkylation sites (tertiary alicyclic amines) is 1. The Balaban J connectivity index is 1.47. The molecule has 7 nitrogen and oxygen atoms in total. The van der Waals surface area contributed by atoms with Crippen molar-refractivity contribution in [3.05, 3.63) is 29.6 Å². The van der Waals surface area contributed by atoms with Gasteiger partial charge in [0, 0.05) is 45.0 Å². The Labute approximate surface area is 155 Å². The van der Waals surface area contributed by atoms with Crippen LogP contribution in [0.5, 0.6) is 0 Å². The van der Waals surface area contributed by atoms with Crippen LogP contribution in [0.15, 0.2) is 18.3 Å². The maximum absolute atomic E-state index is 12.5. The SMILES string of the molecule is Cc1ccc(C2(O)CCN(C(=O)N[C@H](C)CN3CCOCC3)CC2)nc1. The number of aliphatic hydroxyl groups is 1. The first-order valence-corrected chi connectivity index (χ1v) is 9.47. The van der Waals surface area contributed by atoms with Crippen molar-refractivity contribution in [1.29, 1.82) is 0 Å². The Bertz CT molecular complexity index is 593. The molecule has 2 aliphatic heterocycles. The molecular weight excluding hydrogens is 332 g/mol. The summed E-state index contributed by atoms with van der Waals surface area (Å²) in [7, 11) is 0. The van der Waals surface area contributed by atoms with Gasteiger partial charge in [-0.15, -0.1) is 0 Å². The molecule has 2 fully saturated rings. The number of ether oxygens (including phenoxy) is 1. The van der Waals surface area contributed by atoms with E-state index in [4.69, 9.17) is 4.74 Å². The summed E-state index contributed by atoms with van der Waals surface area (Å²) in [5, 5.41) is 14.0. The lowest BCUT2D eigenvalue weighted by atomic mass is 9.87. The Kier molecular flexibility index (Phi) is 6.11. The van der Waals surface area contributed by atoms with Gasteiger partial charge in [0.05, 0.1) is 18.9 Å². The molecule has 1 aromatic rings. The maximum Gasteiger partial charge on any atom is 0.317 e. The molecule has 3 rings (SSSR count). The predicted molar refractivity (Wildman–Crippen MR) is 98.9 cm³/mol. The van der Waals surface area contributed by atoms with Crippen LogP contribution in [0.2, 0.25) is 0 Å². The van der Waals surface area contributed by atoms with Crippen LogP contribution in [-0.2, 0) is 10.3 Å². The molecule has 2 aliphatic rings. The van der Waals surface area contributed by atoms with E-state index in [1.807, 2.05) is 26.0 Å². The maximum atomic E-state index is 12.5. The summed E-state index contributed by atoms with van der Waals surface area (Å²) in [5.74, 6) is 0. The quantitative estimate of drug-likeness (QED) is 0.839. The van der Waals surface area contributed by atoms with Crippen molar-refractivity contribution in [2.45, 2.75) is 38.3 Å². The van der Waals surface area contributed by atoms with E-state index in [9.17, 15) is 9.90 Å². The minimum atomic E-state index is -0.941. The molecule has 2 N–H and O–H groups in total. The van der Waals surface area contributed by atoms with Gasteiger partial charge in [-0.1, -0.05) is 6.07 Å². The summed E-state index contributed by atoms with van der Waals surface area (Å²) in [5.41, 5.74) is 0.830. The summed E-state index contributed by atoms with van der Waals surface area (Å²) in [4.78, 5) is 21.0. The van der Waals surface area contributed by atoms with Crippen LogP contribution >= 0.6 is 0 Å². The Morgan fingerprint density at radius 3 is 2.62 bits per heavy atom. The fraction of sp³-hybridized carbons (Fsp3) is 0.684. The first kappa shape index (κ1) is 19.1. The van der Waals surface area contributed by atoms with Gasteiger partial charge in [0.2, 0.25) is 0 Å². The molecule has 2 amide bonds. The van der Waals surface area contributed by atoms with E-state index in [0.29, 0.717) is 31.6 Å². The molecular formula is C19H30N4O3. The smallest absolute Gasteiger partial charge is 0.317 e. The second kappa shape index (κ2) is 8.33. The van der Waals surface area contributed by atoms with Crippen LogP contribution in [0.3, 0.4) is 0 Å². The van der Waals surface area contributed by atoms with Crippen molar-refractivity contribution < 1.29 is 14.6 Å². The van der Waals surface area contributed by atoms with Crippen molar-refractivity contribution in [2.24, 2.45) is 0 Å². The van der Waals surface area contributed by atoms with Crippen LogP contribution in [0, 0.1) is 6.92 Å². The zero-order valence-electron chi connectivity index (χ0n) is 15.8. The normalized spacial score (nSPS) is 22.0. The van der Waals surface area contributed by atoms with Gasteiger partial charge in [0.15, 0.2) is 0 Å². The number of pyridine rings is 1. The lowest BCUT2D eigenvalue weighted by Gasteiger charge is -2.38. The minimum absolute atomic E-state index is 0.0512. The summed E-state index contributed by atoms with van der Waals surface area (Å²) in [6, 6.07) is 3.88. The molecule has 7 heteroatoms. The summed E-state index contributed by atoms with van der Waals surface area (Å²) < 4.78 is 5.35. The second-order valence-electron chi connectivity index (χ2n) is 7.50. The number of nitrogens with zero attached hydrogens (tertiary/aromatic N) is 3. The number of hydrogen-bond donors (Lipinski definition) is 2. The van der Waals surface area contributed by atoms with Gasteiger partial charge in [0.25, 0.3) is 0 Å². The van der Waals surface area contributed by atoms with Crippen molar-refractivity contribution >= 4 is 6.03 Å². The highest BCUT2D eigenvalue weighted by atomic mass is 16.5. The molecule has 0 radical (unpaired) electrons. The Hall–Kier alpha value is -1.70. The number of hydrogen-bond acceptors (Lipinski definition) is 5. The number of aryl methyl sites for hydroxylation is 1. The van der Waals surface area contributed by atoms with Gasteiger partial charge >= 0.3 is 6.03 Å². The summed E-state index contributed by atoms with van der Waals surface area (Å²) in [6.45, 7) is 9.26. The second-order valence-corrected chi connectivity index (χ2v) is 7.50. The third kappa shape index (κ3) is 4.72. The Morgan fingerprint density at radius 1 is 1.31 bits per heavy atom. The van der Waals surface area contributed by atoms with Crippen LogP contribution < -0.4 is 5.32 Å². The van der Waals surface area contributed by atoms with E-state index < -0.39 is 5.60 Å². The lowest BCUT2D eigenvalue weighted by molar-refractivity contribution is -0.0206. The number of piperidine rings is 1. The van der Waals surface area contributed by atoms with E-state index in [-0.39, 0.29) is 12.1 Å². The highest BCUT2D eigenvalue weighted by molar-refractivity contribution is 5.74. The molecule has 1 atom stereocenters. The number of nitrogens with one attached hydrogen (secondary N) is 1. The number of morpholine rings is 1. The molecule has 0 saturated carbocycles. The number of amides is 2. The highest BCUT2D eigenvalue weighted by Crippen LogP contribution is 2.31. The largest absolute Gasteiger partial charge is 0.383 e. The fourth-order valence-corrected chi connectivity index (χ4v) is 3.60. The molecule has 0 bridgehead atoms. The molecule has 1 aromatic heterocycles. The standard InChI is InChI=1S/C19H30N4O3/c1-15-3-4-17(20-13-15)19(25)5-7-23(8-6-19)18(24)21-16(2)14-22-9-11-26-12-10-22/h3-4,13,16,25H,5-12,14H2,1-2H3,(H,21,24)/t16-/m1/s1. The van der Waals surface area contributed by atoms with Crippen molar-refractivity contribution in [3.8, 4) is 0 Å². The van der Waals surface area contributed by atoms with E-state index in [2.05, 4.69) is 15.2 Å². The van der Waals surface area contributed by atoms with Crippen LogP contribution in [0.25, 0.3) is 0 Å². The van der Waals surface area contributed by atoms with Gasteiger partial charge < -0.3 is 20.1 Å². The first-order valence-electron chi connectivity index (χ1n) is 9.47. The van der Waals surface area contributed by atoms with Crippen molar-refractivity contribution in [3.63, 3.8) is 0 Å². The van der Waals surface area contributed by atoms with E-state index in [1.54, 1.807) is 11.1 Å². The van der Waals surface area contributed by atoms with Gasteiger partial charge in [-0.3, -0.25) is 9.88 Å².